The number of aromatic hydroxyl groups is 1. The van der Waals surface area contributed by atoms with E-state index in [2.05, 4.69) is 9.72 Å². The number of hydrogen-bond acceptors (Lipinski definition) is 5. The van der Waals surface area contributed by atoms with Crippen molar-refractivity contribution in [2.45, 2.75) is 13.5 Å². The van der Waals surface area contributed by atoms with Crippen molar-refractivity contribution in [3.63, 3.8) is 0 Å². The number of phenols is 1. The fraction of sp³-hybridized carbons (Fsp3) is 0.158. The van der Waals surface area contributed by atoms with Gasteiger partial charge in [-0.15, -0.1) is 0 Å². The largest absolute Gasteiger partial charge is 0.504 e. The van der Waals surface area contributed by atoms with Crippen LogP contribution >= 0.6 is 0 Å². The second kappa shape index (κ2) is 7.86. The average molecular weight is 374 g/mol. The summed E-state index contributed by atoms with van der Waals surface area (Å²) in [4.78, 5) is 16.7. The van der Waals surface area contributed by atoms with Crippen LogP contribution in [0.4, 0.5) is 8.78 Å². The number of imidazole rings is 1. The Hall–Kier alpha value is -3.42. The van der Waals surface area contributed by atoms with Crippen molar-refractivity contribution in [2.75, 3.05) is 6.61 Å². The van der Waals surface area contributed by atoms with Crippen molar-refractivity contribution < 1.29 is 28.2 Å². The molecule has 1 aromatic carbocycles. The highest BCUT2D eigenvalue weighted by Gasteiger charge is 2.19. The second-order valence-corrected chi connectivity index (χ2v) is 5.40. The number of phenolic OH excluding ortho intramolecular Hbond substituents is 1. The summed E-state index contributed by atoms with van der Waals surface area (Å²) in [6, 6.07) is 9.48. The zero-order valence-electron chi connectivity index (χ0n) is 14.3. The van der Waals surface area contributed by atoms with E-state index in [-0.39, 0.29) is 23.6 Å². The Morgan fingerprint density at radius 1 is 1.26 bits per heavy atom. The van der Waals surface area contributed by atoms with Gasteiger partial charge in [0, 0.05) is 11.8 Å². The number of fused-ring (bicyclic) bond motifs is 1. The lowest BCUT2D eigenvalue weighted by Crippen LogP contribution is -2.09. The van der Waals surface area contributed by atoms with Crippen LogP contribution in [0.3, 0.4) is 0 Å². The molecule has 3 aromatic rings. The molecule has 0 spiro atoms. The highest BCUT2D eigenvalue weighted by Crippen LogP contribution is 2.32. The lowest BCUT2D eigenvalue weighted by atomic mass is 10.1. The summed E-state index contributed by atoms with van der Waals surface area (Å²) in [6.07, 6.45) is 4.64. The van der Waals surface area contributed by atoms with E-state index in [1.165, 1.54) is 30.4 Å². The molecule has 0 aliphatic rings. The fourth-order valence-electron chi connectivity index (χ4n) is 2.57. The van der Waals surface area contributed by atoms with Gasteiger partial charge in [-0.2, -0.15) is 8.78 Å². The van der Waals surface area contributed by atoms with Crippen molar-refractivity contribution in [2.24, 2.45) is 0 Å². The van der Waals surface area contributed by atoms with Gasteiger partial charge in [0.25, 0.3) is 0 Å². The van der Waals surface area contributed by atoms with Crippen molar-refractivity contribution >= 4 is 23.8 Å². The van der Waals surface area contributed by atoms with Gasteiger partial charge in [0.05, 0.1) is 12.3 Å². The first-order valence-corrected chi connectivity index (χ1v) is 8.10. The fourth-order valence-corrected chi connectivity index (χ4v) is 2.57. The van der Waals surface area contributed by atoms with E-state index in [1.54, 1.807) is 35.7 Å². The molecule has 0 aliphatic carbocycles. The standard InChI is InChI=1S/C19H16F2N2O4/c1-2-26-18(25)16-13(22-15-8-3-4-11-23(15)16)10-9-12-6-5-7-14(17(12)24)27-19(20)21/h3-11,19,24H,2H2,1H3/b10-9+. The molecule has 0 saturated heterocycles. The summed E-state index contributed by atoms with van der Waals surface area (Å²) < 4.78 is 35.7. The Balaban J connectivity index is 2.02. The minimum atomic E-state index is -3.05. The molecule has 2 heterocycles. The molecule has 0 unspecified atom stereocenters. The number of alkyl halides is 2. The van der Waals surface area contributed by atoms with E-state index in [1.807, 2.05) is 0 Å². The highest BCUT2D eigenvalue weighted by molar-refractivity contribution is 5.94. The first-order chi connectivity index (χ1) is 13.0. The molecule has 8 heteroatoms. The molecule has 0 bridgehead atoms. The number of nitrogens with zero attached hydrogens (tertiary/aromatic N) is 2. The van der Waals surface area contributed by atoms with E-state index in [9.17, 15) is 18.7 Å². The van der Waals surface area contributed by atoms with Gasteiger partial charge < -0.3 is 14.6 Å². The van der Waals surface area contributed by atoms with Gasteiger partial charge in [-0.25, -0.2) is 9.78 Å². The van der Waals surface area contributed by atoms with Gasteiger partial charge in [-0.05, 0) is 37.3 Å². The van der Waals surface area contributed by atoms with Gasteiger partial charge in [-0.3, -0.25) is 4.40 Å². The average Bonchev–Trinajstić information content (AvgIpc) is 3.00. The Kier molecular flexibility index (Phi) is 5.35. The monoisotopic (exact) mass is 374 g/mol. The molecule has 140 valence electrons. The zero-order valence-corrected chi connectivity index (χ0v) is 14.3. The third kappa shape index (κ3) is 3.89. The predicted octanol–water partition coefficient (Wildman–Crippen LogP) is 3.99. The Morgan fingerprint density at radius 3 is 2.81 bits per heavy atom. The highest BCUT2D eigenvalue weighted by atomic mass is 19.3. The summed E-state index contributed by atoms with van der Waals surface area (Å²) in [5.41, 5.74) is 1.32. The lowest BCUT2D eigenvalue weighted by Gasteiger charge is -2.08. The Labute approximate surface area is 153 Å². The number of para-hydroxylation sites is 1. The molecule has 0 radical (unpaired) electrons. The third-order valence-electron chi connectivity index (χ3n) is 3.69. The molecule has 0 aliphatic heterocycles. The Morgan fingerprint density at radius 2 is 2.07 bits per heavy atom. The van der Waals surface area contributed by atoms with Crippen LogP contribution < -0.4 is 4.74 Å². The summed E-state index contributed by atoms with van der Waals surface area (Å²) >= 11 is 0. The quantitative estimate of drug-likeness (QED) is 0.661. The number of rotatable bonds is 6. The molecular weight excluding hydrogens is 358 g/mol. The molecule has 27 heavy (non-hydrogen) atoms. The Bertz CT molecular complexity index is 999. The molecule has 0 atom stereocenters. The SMILES string of the molecule is CCOC(=O)c1c(/C=C/c2cccc(OC(F)F)c2O)nc2ccccn12. The number of carbonyl (C=O) groups excluding carboxylic acids is 1. The van der Waals surface area contributed by atoms with E-state index in [0.717, 1.165) is 0 Å². The minimum absolute atomic E-state index is 0.204. The normalized spacial score (nSPS) is 11.4. The second-order valence-electron chi connectivity index (χ2n) is 5.40. The van der Waals surface area contributed by atoms with Crippen LogP contribution in [0.2, 0.25) is 0 Å². The number of hydrogen-bond donors (Lipinski definition) is 1. The first-order valence-electron chi connectivity index (χ1n) is 8.10. The molecule has 0 amide bonds. The van der Waals surface area contributed by atoms with E-state index in [4.69, 9.17) is 4.74 Å². The number of halogens is 2. The summed E-state index contributed by atoms with van der Waals surface area (Å²) in [7, 11) is 0. The molecule has 0 saturated carbocycles. The van der Waals surface area contributed by atoms with Crippen molar-refractivity contribution in [3.8, 4) is 11.5 Å². The maximum atomic E-state index is 12.4. The molecule has 6 nitrogen and oxygen atoms in total. The van der Waals surface area contributed by atoms with Crippen LogP contribution in [0.1, 0.15) is 28.7 Å². The van der Waals surface area contributed by atoms with Crippen LogP contribution in [0.5, 0.6) is 11.5 Å². The van der Waals surface area contributed by atoms with Crippen molar-refractivity contribution in [3.05, 3.63) is 59.5 Å². The zero-order chi connectivity index (χ0) is 19.4. The van der Waals surface area contributed by atoms with Crippen molar-refractivity contribution in [1.29, 1.82) is 0 Å². The summed E-state index contributed by atoms with van der Waals surface area (Å²) in [5, 5.41) is 10.1. The molecule has 0 fully saturated rings. The number of esters is 1. The summed E-state index contributed by atoms with van der Waals surface area (Å²) in [6.45, 7) is -1.15. The number of carbonyl (C=O) groups is 1. The molecule has 3 rings (SSSR count). The number of ether oxygens (including phenoxy) is 2. The maximum Gasteiger partial charge on any atom is 0.387 e. The van der Waals surface area contributed by atoms with Gasteiger partial charge in [0.2, 0.25) is 0 Å². The van der Waals surface area contributed by atoms with Crippen LogP contribution in [0.25, 0.3) is 17.8 Å². The molecule has 2 aromatic heterocycles. The van der Waals surface area contributed by atoms with Crippen LogP contribution in [-0.4, -0.2) is 33.7 Å². The van der Waals surface area contributed by atoms with E-state index < -0.39 is 18.3 Å². The predicted molar refractivity (Wildman–Crippen MR) is 94.8 cm³/mol. The van der Waals surface area contributed by atoms with E-state index >= 15 is 0 Å². The molecular formula is C19H16F2N2O4. The topological polar surface area (TPSA) is 73.1 Å². The molecule has 1 N–H and O–H groups in total. The summed E-state index contributed by atoms with van der Waals surface area (Å²) in [5.74, 6) is -1.32. The van der Waals surface area contributed by atoms with Gasteiger partial charge >= 0.3 is 12.6 Å². The van der Waals surface area contributed by atoms with Gasteiger partial charge in [0.1, 0.15) is 5.65 Å². The number of benzene rings is 1. The van der Waals surface area contributed by atoms with Gasteiger partial charge in [-0.1, -0.05) is 18.2 Å². The van der Waals surface area contributed by atoms with Crippen LogP contribution in [-0.2, 0) is 4.74 Å². The van der Waals surface area contributed by atoms with Crippen molar-refractivity contribution in [1.82, 2.24) is 9.38 Å². The van der Waals surface area contributed by atoms with Gasteiger partial charge in [0.15, 0.2) is 17.2 Å². The maximum absolute atomic E-state index is 12.4. The lowest BCUT2D eigenvalue weighted by molar-refractivity contribution is -0.0512. The van der Waals surface area contributed by atoms with E-state index in [0.29, 0.717) is 11.3 Å². The minimum Gasteiger partial charge on any atom is -0.504 e. The third-order valence-corrected chi connectivity index (χ3v) is 3.69. The first kappa shape index (κ1) is 18.4. The smallest absolute Gasteiger partial charge is 0.387 e. The number of aromatic nitrogens is 2. The van der Waals surface area contributed by atoms with Crippen LogP contribution in [0, 0.1) is 0 Å². The number of pyridine rings is 1. The van der Waals surface area contributed by atoms with Crippen LogP contribution in [0.15, 0.2) is 42.6 Å².